The van der Waals surface area contributed by atoms with Crippen molar-refractivity contribution in [1.29, 1.82) is 0 Å². The zero-order chi connectivity index (χ0) is 27.4. The summed E-state index contributed by atoms with van der Waals surface area (Å²) >= 11 is 0.959. The van der Waals surface area contributed by atoms with Crippen LogP contribution in [0.4, 0.5) is 4.39 Å². The molecule has 2 saturated heterocycles. The zero-order valence-corrected chi connectivity index (χ0v) is 22.6. The minimum Gasteiger partial charge on any atom is -0.506 e. The lowest BCUT2D eigenvalue weighted by molar-refractivity contribution is -0.150. The molecule has 39 heavy (non-hydrogen) atoms. The number of fused-ring (bicyclic) bond motifs is 1. The second kappa shape index (κ2) is 12.1. The van der Waals surface area contributed by atoms with E-state index in [1.807, 2.05) is 18.2 Å². The SMILES string of the molecule is O=CN1CCOC2(CCN(Cc3cccc(CCCNC[C@H](O)c4ccc(O)c5[nH]c(=O)sc45)c3F)CC2)C1. The number of aromatic amines is 1. The van der Waals surface area contributed by atoms with Crippen LogP contribution >= 0.6 is 11.3 Å². The number of halogens is 1. The highest BCUT2D eigenvalue weighted by Crippen LogP contribution is 2.32. The number of ether oxygens (including phenoxy) is 1. The lowest BCUT2D eigenvalue weighted by Crippen LogP contribution is -2.56. The molecular formula is C28H35FN4O5S. The number of aryl methyl sites for hydroxylation is 1. The normalized spacial score (nSPS) is 18.6. The van der Waals surface area contributed by atoms with Crippen LogP contribution in [0.1, 0.15) is 42.1 Å². The average Bonchev–Trinajstić information content (AvgIpc) is 3.34. The Morgan fingerprint density at radius 1 is 1.21 bits per heavy atom. The molecule has 2 aliphatic heterocycles. The maximum Gasteiger partial charge on any atom is 0.305 e. The molecule has 2 aromatic carbocycles. The number of thiazole rings is 1. The zero-order valence-electron chi connectivity index (χ0n) is 21.8. The Kier molecular flexibility index (Phi) is 8.63. The summed E-state index contributed by atoms with van der Waals surface area (Å²) in [6.07, 6.45) is 2.99. The fourth-order valence-electron chi connectivity index (χ4n) is 5.63. The summed E-state index contributed by atoms with van der Waals surface area (Å²) in [5, 5.41) is 23.8. The monoisotopic (exact) mass is 558 g/mol. The summed E-state index contributed by atoms with van der Waals surface area (Å²) in [4.78, 5) is 29.2. The second-order valence-electron chi connectivity index (χ2n) is 10.5. The quantitative estimate of drug-likeness (QED) is 0.223. The lowest BCUT2D eigenvalue weighted by atomic mass is 9.89. The number of carbonyl (C=O) groups excluding carboxylic acids is 1. The Hall–Kier alpha value is -2.83. The number of phenolic OH excluding ortho intramolecular Hbond substituents is 1. The molecule has 1 aromatic heterocycles. The standard InChI is InChI=1S/C28H35FN4O5S/c29-24-19(5-2-10-30-15-23(36)21-6-7-22(35)25-26(21)39-27(37)31-25)3-1-4-20(24)16-32-11-8-28(9-12-32)17-33(18-34)13-14-38-28/h1,3-4,6-7,18,23,30,35-36H,2,5,8-17H2,(H,31,37)/t23-/m0/s1. The van der Waals surface area contributed by atoms with Crippen LogP contribution in [0.25, 0.3) is 10.2 Å². The highest BCUT2D eigenvalue weighted by atomic mass is 32.1. The molecule has 9 nitrogen and oxygen atoms in total. The van der Waals surface area contributed by atoms with E-state index in [2.05, 4.69) is 15.2 Å². The number of aliphatic hydroxyl groups is 1. The van der Waals surface area contributed by atoms with Crippen LogP contribution in [0.2, 0.25) is 0 Å². The van der Waals surface area contributed by atoms with E-state index in [4.69, 9.17) is 4.74 Å². The predicted molar refractivity (Wildman–Crippen MR) is 147 cm³/mol. The van der Waals surface area contributed by atoms with Gasteiger partial charge in [-0.3, -0.25) is 14.5 Å². The van der Waals surface area contributed by atoms with Crippen LogP contribution in [-0.2, 0) is 22.5 Å². The van der Waals surface area contributed by atoms with Crippen LogP contribution in [0, 0.1) is 5.82 Å². The summed E-state index contributed by atoms with van der Waals surface area (Å²) in [7, 11) is 0. The van der Waals surface area contributed by atoms with Gasteiger partial charge in [0.1, 0.15) is 17.1 Å². The van der Waals surface area contributed by atoms with Crippen molar-refractivity contribution in [3.8, 4) is 5.75 Å². The summed E-state index contributed by atoms with van der Waals surface area (Å²) in [6.45, 7) is 4.86. The summed E-state index contributed by atoms with van der Waals surface area (Å²) in [5.41, 5.74) is 2.02. The summed E-state index contributed by atoms with van der Waals surface area (Å²) in [6, 6.07) is 8.66. The van der Waals surface area contributed by atoms with Gasteiger partial charge in [0.15, 0.2) is 0 Å². The van der Waals surface area contributed by atoms with Gasteiger partial charge in [0.05, 0.1) is 23.0 Å². The van der Waals surface area contributed by atoms with Crippen molar-refractivity contribution in [2.24, 2.45) is 0 Å². The van der Waals surface area contributed by atoms with E-state index in [1.165, 1.54) is 6.07 Å². The fraction of sp³-hybridized carbons (Fsp3) is 0.500. The van der Waals surface area contributed by atoms with Gasteiger partial charge in [-0.2, -0.15) is 0 Å². The van der Waals surface area contributed by atoms with Crippen LogP contribution < -0.4 is 10.2 Å². The number of morpholine rings is 1. The molecule has 0 bridgehead atoms. The van der Waals surface area contributed by atoms with Crippen molar-refractivity contribution >= 4 is 28.0 Å². The minimum absolute atomic E-state index is 0.0232. The second-order valence-corrected chi connectivity index (χ2v) is 11.5. The number of H-pyrrole nitrogens is 1. The van der Waals surface area contributed by atoms with Crippen LogP contribution in [0.3, 0.4) is 0 Å². The van der Waals surface area contributed by atoms with Gasteiger partial charge >= 0.3 is 4.87 Å². The first-order valence-corrected chi connectivity index (χ1v) is 14.2. The first kappa shape index (κ1) is 27.7. The number of rotatable bonds is 10. The maximum absolute atomic E-state index is 15.3. The van der Waals surface area contributed by atoms with E-state index in [0.717, 1.165) is 43.7 Å². The first-order valence-electron chi connectivity index (χ1n) is 13.4. The molecule has 5 rings (SSSR count). The van der Waals surface area contributed by atoms with Gasteiger partial charge in [-0.05, 0) is 43.9 Å². The number of aromatic nitrogens is 1. The lowest BCUT2D eigenvalue weighted by Gasteiger charge is -2.46. The van der Waals surface area contributed by atoms with Crippen LogP contribution in [-0.4, -0.2) is 82.9 Å². The minimum atomic E-state index is -0.844. The molecule has 0 unspecified atom stereocenters. The Labute approximate surface area is 230 Å². The van der Waals surface area contributed by atoms with Crippen molar-refractivity contribution < 1.29 is 24.1 Å². The molecule has 210 valence electrons. The van der Waals surface area contributed by atoms with Crippen molar-refractivity contribution in [3.05, 3.63) is 62.5 Å². The van der Waals surface area contributed by atoms with E-state index in [-0.39, 0.29) is 28.6 Å². The largest absolute Gasteiger partial charge is 0.506 e. The smallest absolute Gasteiger partial charge is 0.305 e. The van der Waals surface area contributed by atoms with E-state index in [1.54, 1.807) is 11.0 Å². The molecule has 1 amide bonds. The number of benzene rings is 2. The van der Waals surface area contributed by atoms with Crippen molar-refractivity contribution in [3.63, 3.8) is 0 Å². The highest BCUT2D eigenvalue weighted by Gasteiger charge is 2.39. The van der Waals surface area contributed by atoms with Gasteiger partial charge in [-0.15, -0.1) is 0 Å². The van der Waals surface area contributed by atoms with Gasteiger partial charge in [0, 0.05) is 50.4 Å². The van der Waals surface area contributed by atoms with Gasteiger partial charge in [-0.1, -0.05) is 35.6 Å². The summed E-state index contributed by atoms with van der Waals surface area (Å²) in [5.74, 6) is -0.183. The van der Waals surface area contributed by atoms with E-state index in [9.17, 15) is 19.8 Å². The number of hydrogen-bond donors (Lipinski definition) is 4. The van der Waals surface area contributed by atoms with Crippen molar-refractivity contribution in [2.75, 3.05) is 45.9 Å². The first-order chi connectivity index (χ1) is 18.9. The number of piperidine rings is 1. The molecular weight excluding hydrogens is 523 g/mol. The van der Waals surface area contributed by atoms with Crippen LogP contribution in [0.5, 0.6) is 5.75 Å². The maximum atomic E-state index is 15.3. The van der Waals surface area contributed by atoms with E-state index >= 15 is 4.39 Å². The molecule has 2 aliphatic rings. The average molecular weight is 559 g/mol. The van der Waals surface area contributed by atoms with Crippen molar-refractivity contribution in [2.45, 2.75) is 43.9 Å². The molecule has 11 heteroatoms. The number of hydrogen-bond acceptors (Lipinski definition) is 8. The van der Waals surface area contributed by atoms with Gasteiger partial charge in [0.2, 0.25) is 6.41 Å². The van der Waals surface area contributed by atoms with Gasteiger partial charge in [0.25, 0.3) is 0 Å². The Balaban J connectivity index is 1.09. The number of likely N-dealkylation sites (tertiary alicyclic amines) is 1. The highest BCUT2D eigenvalue weighted by molar-refractivity contribution is 7.16. The molecule has 4 N–H and O–H groups in total. The number of nitrogens with zero attached hydrogens (tertiary/aromatic N) is 2. The number of nitrogens with one attached hydrogen (secondary N) is 2. The number of phenols is 1. The predicted octanol–water partition coefficient (Wildman–Crippen LogP) is 2.51. The van der Waals surface area contributed by atoms with Crippen molar-refractivity contribution in [1.82, 2.24) is 20.1 Å². The third-order valence-electron chi connectivity index (χ3n) is 7.83. The third kappa shape index (κ3) is 6.33. The molecule has 0 radical (unpaired) electrons. The van der Waals surface area contributed by atoms with Crippen LogP contribution in [0.15, 0.2) is 35.1 Å². The molecule has 2 fully saturated rings. The summed E-state index contributed by atoms with van der Waals surface area (Å²) < 4.78 is 21.9. The Morgan fingerprint density at radius 2 is 2.00 bits per heavy atom. The van der Waals surface area contributed by atoms with Gasteiger partial charge in [-0.25, -0.2) is 4.39 Å². The number of amides is 1. The fourth-order valence-corrected chi connectivity index (χ4v) is 6.55. The van der Waals surface area contributed by atoms with E-state index in [0.29, 0.717) is 72.5 Å². The molecule has 1 atom stereocenters. The Morgan fingerprint density at radius 3 is 2.79 bits per heavy atom. The molecule has 0 saturated carbocycles. The number of aromatic hydroxyl groups is 1. The van der Waals surface area contributed by atoms with Gasteiger partial charge < -0.3 is 30.2 Å². The van der Waals surface area contributed by atoms with E-state index < -0.39 is 6.10 Å². The number of carbonyl (C=O) groups is 1. The number of aliphatic hydroxyl groups excluding tert-OH is 1. The molecule has 0 aliphatic carbocycles. The molecule has 1 spiro atoms. The molecule has 3 heterocycles. The Bertz CT molecular complexity index is 1350. The third-order valence-corrected chi connectivity index (χ3v) is 8.76. The molecule has 3 aromatic rings. The topological polar surface area (TPSA) is 118 Å².